The van der Waals surface area contributed by atoms with Crippen molar-refractivity contribution in [3.8, 4) is 0 Å². The molecule has 1 saturated heterocycles. The summed E-state index contributed by atoms with van der Waals surface area (Å²) in [6, 6.07) is 0. The Hall–Kier alpha value is -3.07. The van der Waals surface area contributed by atoms with Crippen LogP contribution in [0, 0.1) is 5.82 Å². The Morgan fingerprint density at radius 3 is 2.26 bits per heavy atom. The van der Waals surface area contributed by atoms with Gasteiger partial charge in [0.25, 0.3) is 11.5 Å². The first-order valence-corrected chi connectivity index (χ1v) is 13.1. The molecule has 3 amide bonds. The number of halogens is 1. The van der Waals surface area contributed by atoms with E-state index in [1.807, 2.05) is 4.98 Å². The molecular weight excluding hydrogens is 505 g/mol. The lowest BCUT2D eigenvalue weighted by atomic mass is 10.3. The molecular formula is C20H26FN5O7S2. The summed E-state index contributed by atoms with van der Waals surface area (Å²) in [7, 11) is 2.98. The number of hydrogen-bond donors (Lipinski definition) is 3. The minimum absolute atomic E-state index is 0.0497. The molecule has 0 radical (unpaired) electrons. The van der Waals surface area contributed by atoms with Crippen molar-refractivity contribution < 1.29 is 28.4 Å². The molecule has 1 aromatic rings. The first-order chi connectivity index (χ1) is 16.7. The van der Waals surface area contributed by atoms with E-state index in [0.717, 1.165) is 15.8 Å². The fraction of sp³-hybridized carbons (Fsp3) is 0.500. The van der Waals surface area contributed by atoms with Crippen LogP contribution in [0.2, 0.25) is 0 Å². The summed E-state index contributed by atoms with van der Waals surface area (Å²) in [6.07, 6.45) is 1.19. The number of amides is 3. The van der Waals surface area contributed by atoms with Gasteiger partial charge >= 0.3 is 11.7 Å². The number of allylic oxidation sites excluding steroid dienone is 1. The number of nitrogens with zero attached hydrogens (tertiary/aromatic N) is 2. The summed E-state index contributed by atoms with van der Waals surface area (Å²) >= 11 is 0. The third-order valence-corrected chi connectivity index (χ3v) is 6.94. The van der Waals surface area contributed by atoms with Crippen LogP contribution in [-0.4, -0.2) is 62.9 Å². The lowest BCUT2D eigenvalue weighted by Gasteiger charge is -2.15. The SMILES string of the molecule is C=C1CCC(=O)N1OC(=O)CCC(=O)NCCSSCCNC(=O)CCn1cc(F)c(=O)[nH]c1=O. The summed E-state index contributed by atoms with van der Waals surface area (Å²) < 4.78 is 14.1. The van der Waals surface area contributed by atoms with Crippen molar-refractivity contribution in [3.05, 3.63) is 45.1 Å². The fourth-order valence-electron chi connectivity index (χ4n) is 2.74. The normalized spacial score (nSPS) is 13.1. The van der Waals surface area contributed by atoms with Crippen molar-refractivity contribution in [1.82, 2.24) is 25.2 Å². The smallest absolute Gasteiger partial charge is 0.333 e. The second-order valence-electron chi connectivity index (χ2n) is 7.24. The van der Waals surface area contributed by atoms with E-state index in [-0.39, 0.29) is 49.9 Å². The van der Waals surface area contributed by atoms with Crippen LogP contribution in [0.3, 0.4) is 0 Å². The molecule has 1 aliphatic rings. The molecule has 3 N–H and O–H groups in total. The highest BCUT2D eigenvalue weighted by molar-refractivity contribution is 8.76. The lowest BCUT2D eigenvalue weighted by molar-refractivity contribution is -0.186. The molecule has 1 fully saturated rings. The second kappa shape index (κ2) is 14.4. The molecule has 0 bridgehead atoms. The number of carbonyl (C=O) groups excluding carboxylic acids is 4. The van der Waals surface area contributed by atoms with E-state index in [2.05, 4.69) is 17.2 Å². The van der Waals surface area contributed by atoms with Crippen molar-refractivity contribution in [1.29, 1.82) is 0 Å². The van der Waals surface area contributed by atoms with Gasteiger partial charge in [-0.25, -0.2) is 9.59 Å². The van der Waals surface area contributed by atoms with Gasteiger partial charge in [0.15, 0.2) is 0 Å². The van der Waals surface area contributed by atoms with Gasteiger partial charge in [-0.15, -0.1) is 5.06 Å². The molecule has 0 aromatic carbocycles. The average molecular weight is 532 g/mol. The number of rotatable bonds is 14. The average Bonchev–Trinajstić information content (AvgIpc) is 3.12. The summed E-state index contributed by atoms with van der Waals surface area (Å²) in [5.74, 6) is -1.53. The van der Waals surface area contributed by atoms with Crippen molar-refractivity contribution >= 4 is 45.3 Å². The number of carbonyl (C=O) groups is 4. The second-order valence-corrected chi connectivity index (χ2v) is 9.94. The van der Waals surface area contributed by atoms with Gasteiger partial charge in [0.05, 0.1) is 18.3 Å². The molecule has 0 aliphatic carbocycles. The molecule has 0 spiro atoms. The first kappa shape index (κ1) is 28.2. The van der Waals surface area contributed by atoms with Gasteiger partial charge in [-0.05, 0) is 6.42 Å². The predicted molar refractivity (Wildman–Crippen MR) is 127 cm³/mol. The Morgan fingerprint density at radius 2 is 1.66 bits per heavy atom. The number of hydroxylamine groups is 2. The van der Waals surface area contributed by atoms with Gasteiger partial charge in [0.1, 0.15) is 0 Å². The van der Waals surface area contributed by atoms with E-state index in [0.29, 0.717) is 36.7 Å². The van der Waals surface area contributed by atoms with Gasteiger partial charge in [-0.2, -0.15) is 4.39 Å². The minimum Gasteiger partial charge on any atom is -0.355 e. The van der Waals surface area contributed by atoms with Gasteiger partial charge in [-0.3, -0.25) is 28.7 Å². The van der Waals surface area contributed by atoms with Gasteiger partial charge in [0, 0.05) is 50.4 Å². The zero-order valence-corrected chi connectivity index (χ0v) is 20.4. The van der Waals surface area contributed by atoms with Gasteiger partial charge < -0.3 is 15.5 Å². The standard InChI is InChI=1S/C20H26FN5O7S2/c1-13-2-4-17(29)26(13)33-18(30)5-3-15(27)22-7-10-34-35-11-8-23-16(28)6-9-25-12-14(21)19(31)24-20(25)32/h12H,1-11H2,(H,22,27)(H,23,28)(H,24,31,32). The molecule has 192 valence electrons. The molecule has 1 aliphatic heterocycles. The van der Waals surface area contributed by atoms with Crippen LogP contribution in [0.4, 0.5) is 4.39 Å². The Morgan fingerprint density at radius 1 is 1.03 bits per heavy atom. The molecule has 2 rings (SSSR count). The van der Waals surface area contributed by atoms with Crippen LogP contribution >= 0.6 is 21.6 Å². The Balaban J connectivity index is 1.46. The highest BCUT2D eigenvalue weighted by Gasteiger charge is 2.28. The molecule has 35 heavy (non-hydrogen) atoms. The summed E-state index contributed by atoms with van der Waals surface area (Å²) in [6.45, 7) is 4.35. The largest absolute Gasteiger partial charge is 0.355 e. The minimum atomic E-state index is -1.10. The van der Waals surface area contributed by atoms with Crippen LogP contribution in [0.1, 0.15) is 32.1 Å². The molecule has 0 atom stereocenters. The number of aromatic amines is 1. The van der Waals surface area contributed by atoms with Crippen LogP contribution < -0.4 is 21.9 Å². The maximum Gasteiger partial charge on any atom is 0.333 e. The van der Waals surface area contributed by atoms with Crippen molar-refractivity contribution in [3.63, 3.8) is 0 Å². The highest BCUT2D eigenvalue weighted by Crippen LogP contribution is 2.21. The number of H-pyrrole nitrogens is 1. The zero-order chi connectivity index (χ0) is 25.8. The zero-order valence-electron chi connectivity index (χ0n) is 18.8. The topological polar surface area (TPSA) is 160 Å². The summed E-state index contributed by atoms with van der Waals surface area (Å²) in [5.41, 5.74) is -1.47. The first-order valence-electron chi connectivity index (χ1n) is 10.7. The molecule has 0 unspecified atom stereocenters. The van der Waals surface area contributed by atoms with E-state index in [4.69, 9.17) is 4.84 Å². The Bertz CT molecular complexity index is 1060. The maximum absolute atomic E-state index is 13.2. The molecule has 2 heterocycles. The number of nitrogens with one attached hydrogen (secondary N) is 3. The van der Waals surface area contributed by atoms with E-state index in [1.54, 1.807) is 0 Å². The van der Waals surface area contributed by atoms with Crippen LogP contribution in [0.25, 0.3) is 0 Å². The number of hydrogen-bond acceptors (Lipinski definition) is 9. The van der Waals surface area contributed by atoms with E-state index in [9.17, 15) is 33.2 Å². The summed E-state index contributed by atoms with van der Waals surface area (Å²) in [5, 5.41) is 6.23. The maximum atomic E-state index is 13.2. The van der Waals surface area contributed by atoms with E-state index >= 15 is 0 Å². The molecule has 12 nitrogen and oxygen atoms in total. The quantitative estimate of drug-likeness (QED) is 0.223. The Kier molecular flexibility index (Phi) is 11.6. The van der Waals surface area contributed by atoms with Crippen molar-refractivity contribution in [2.45, 2.75) is 38.6 Å². The monoisotopic (exact) mass is 531 g/mol. The lowest BCUT2D eigenvalue weighted by Crippen LogP contribution is -2.33. The van der Waals surface area contributed by atoms with Crippen molar-refractivity contribution in [2.75, 3.05) is 24.6 Å². The third kappa shape index (κ3) is 9.98. The van der Waals surface area contributed by atoms with Crippen LogP contribution in [0.15, 0.2) is 28.1 Å². The molecule has 0 saturated carbocycles. The van der Waals surface area contributed by atoms with Gasteiger partial charge in [-0.1, -0.05) is 28.2 Å². The molecule has 15 heteroatoms. The number of aryl methyl sites for hydroxylation is 1. The fourth-order valence-corrected chi connectivity index (χ4v) is 4.55. The highest BCUT2D eigenvalue weighted by atomic mass is 33.1. The Labute approximate surface area is 207 Å². The van der Waals surface area contributed by atoms with Gasteiger partial charge in [0.2, 0.25) is 17.6 Å². The number of aromatic nitrogens is 2. The van der Waals surface area contributed by atoms with E-state index < -0.39 is 23.0 Å². The predicted octanol–water partition coefficient (Wildman–Crippen LogP) is 0.0541. The van der Waals surface area contributed by atoms with Crippen LogP contribution in [0.5, 0.6) is 0 Å². The van der Waals surface area contributed by atoms with Crippen molar-refractivity contribution in [2.24, 2.45) is 0 Å². The van der Waals surface area contributed by atoms with E-state index in [1.165, 1.54) is 21.6 Å². The third-order valence-electron chi connectivity index (χ3n) is 4.54. The summed E-state index contributed by atoms with van der Waals surface area (Å²) in [4.78, 5) is 76.1. The van der Waals surface area contributed by atoms with Crippen LogP contribution in [-0.2, 0) is 30.6 Å². The molecule has 1 aromatic heterocycles.